The van der Waals surface area contributed by atoms with E-state index in [1.165, 1.54) is 37.9 Å². The molecule has 0 aliphatic rings. The van der Waals surface area contributed by atoms with Crippen LogP contribution in [0, 0.1) is 0 Å². The molecule has 0 saturated heterocycles. The van der Waals surface area contributed by atoms with Gasteiger partial charge in [-0.25, -0.2) is 0 Å². The first-order valence-electron chi connectivity index (χ1n) is 6.34. The van der Waals surface area contributed by atoms with Gasteiger partial charge in [-0.1, -0.05) is 55.6 Å². The topological polar surface area (TPSA) is 3.24 Å². The summed E-state index contributed by atoms with van der Waals surface area (Å²) in [4.78, 5) is 2.24. The summed E-state index contributed by atoms with van der Waals surface area (Å²) in [5, 5.41) is 0. The van der Waals surface area contributed by atoms with Crippen LogP contribution in [0.15, 0.2) is 0 Å². The summed E-state index contributed by atoms with van der Waals surface area (Å²) in [7, 11) is 3.68. The molecule has 0 atom stereocenters. The van der Waals surface area contributed by atoms with Gasteiger partial charge in [0.05, 0.1) is 0 Å². The highest BCUT2D eigenvalue weighted by atomic mass is 33.1. The zero-order valence-corrected chi connectivity index (χ0v) is 13.3. The molecule has 0 amide bonds. The molecule has 0 heterocycles. The average molecular weight is 280 g/mol. The molecule has 0 aliphatic carbocycles. The molecule has 0 aromatic rings. The molecule has 0 radical (unpaired) electrons. The van der Waals surface area contributed by atoms with Crippen LogP contribution in [0.5, 0.6) is 0 Å². The summed E-state index contributed by atoms with van der Waals surface area (Å²) in [5.74, 6) is 1.23. The quantitative estimate of drug-likeness (QED) is 0.333. The molecule has 1 nitrogen and oxygen atoms in total. The highest BCUT2D eigenvalue weighted by Crippen LogP contribution is 2.26. The molecule has 16 heavy (non-hydrogen) atoms. The van der Waals surface area contributed by atoms with Crippen LogP contribution in [0.2, 0.25) is 0 Å². The van der Waals surface area contributed by atoms with Gasteiger partial charge in [-0.3, -0.25) is 0 Å². The van der Waals surface area contributed by atoms with Gasteiger partial charge in [-0.05, 0) is 31.1 Å². The van der Waals surface area contributed by atoms with Crippen molar-refractivity contribution in [2.75, 3.05) is 18.8 Å². The predicted molar refractivity (Wildman–Crippen MR) is 84.3 cm³/mol. The molecule has 0 aliphatic heterocycles. The van der Waals surface area contributed by atoms with Crippen molar-refractivity contribution in [1.29, 1.82) is 0 Å². The highest BCUT2D eigenvalue weighted by molar-refractivity contribution is 8.83. The minimum atomic E-state index is 1.03. The van der Waals surface area contributed by atoms with Crippen LogP contribution in [0.1, 0.15) is 52.9 Å². The van der Waals surface area contributed by atoms with Crippen molar-refractivity contribution in [2.24, 2.45) is 0 Å². The molecule has 0 aromatic carbocycles. The van der Waals surface area contributed by atoms with Crippen LogP contribution in [0.4, 0.5) is 0 Å². The zero-order chi connectivity index (χ0) is 12.2. The van der Waals surface area contributed by atoms with Crippen molar-refractivity contribution in [3.63, 3.8) is 0 Å². The van der Waals surface area contributed by atoms with E-state index in [0.29, 0.717) is 0 Å². The lowest BCUT2D eigenvalue weighted by Crippen LogP contribution is -2.25. The predicted octanol–water partition coefficient (Wildman–Crippen LogP) is 4.96. The number of rotatable bonds is 9. The van der Waals surface area contributed by atoms with Crippen molar-refractivity contribution in [3.05, 3.63) is 0 Å². The van der Waals surface area contributed by atoms with Crippen molar-refractivity contribution in [3.8, 4) is 0 Å². The summed E-state index contributed by atoms with van der Waals surface area (Å²) in [5.41, 5.74) is 0. The molecule has 4 heteroatoms. The van der Waals surface area contributed by atoms with Gasteiger partial charge in [0, 0.05) is 18.8 Å². The number of thiocarbonyl (C=S) groups is 1. The number of unbranched alkanes of at least 4 members (excludes halogenated alkanes) is 4. The van der Waals surface area contributed by atoms with Gasteiger partial charge in [0.25, 0.3) is 0 Å². The van der Waals surface area contributed by atoms with Gasteiger partial charge >= 0.3 is 0 Å². The van der Waals surface area contributed by atoms with E-state index in [4.69, 9.17) is 12.2 Å². The lowest BCUT2D eigenvalue weighted by molar-refractivity contribution is 0.482. The highest BCUT2D eigenvalue weighted by Gasteiger charge is 2.05. The van der Waals surface area contributed by atoms with E-state index in [1.807, 2.05) is 10.8 Å². The maximum atomic E-state index is 5.36. The molecule has 0 N–H and O–H groups in total. The Morgan fingerprint density at radius 1 is 1.00 bits per heavy atom. The number of hydrogen-bond donors (Lipinski definition) is 0. The van der Waals surface area contributed by atoms with Crippen molar-refractivity contribution in [1.82, 2.24) is 4.90 Å². The number of hydrogen-bond acceptors (Lipinski definition) is 3. The normalized spacial score (nSPS) is 10.4. The van der Waals surface area contributed by atoms with Crippen LogP contribution < -0.4 is 0 Å². The van der Waals surface area contributed by atoms with Gasteiger partial charge in [-0.15, -0.1) is 0 Å². The summed E-state index contributed by atoms with van der Waals surface area (Å²) in [6, 6.07) is 0. The minimum absolute atomic E-state index is 1.03. The Morgan fingerprint density at radius 2 is 1.62 bits per heavy atom. The van der Waals surface area contributed by atoms with Gasteiger partial charge in [0.15, 0.2) is 0 Å². The summed E-state index contributed by atoms with van der Waals surface area (Å²) >= 11 is 5.36. The molecule has 0 rings (SSSR count). The summed E-state index contributed by atoms with van der Waals surface area (Å²) in [6.07, 6.45) is 6.81. The molecule has 0 saturated carbocycles. The lowest BCUT2D eigenvalue weighted by atomic mass is 10.2. The molecule has 0 spiro atoms. The molecular weight excluding hydrogens is 254 g/mol. The van der Waals surface area contributed by atoms with Crippen LogP contribution >= 0.6 is 33.8 Å². The Morgan fingerprint density at radius 3 is 2.19 bits per heavy atom. The maximum absolute atomic E-state index is 5.36. The third-order valence-electron chi connectivity index (χ3n) is 2.48. The maximum Gasteiger partial charge on any atom is 0.147 e. The van der Waals surface area contributed by atoms with Crippen LogP contribution in [-0.4, -0.2) is 28.1 Å². The van der Waals surface area contributed by atoms with E-state index < -0.39 is 0 Å². The second kappa shape index (κ2) is 12.1. The molecule has 0 bridgehead atoms. The summed E-state index contributed by atoms with van der Waals surface area (Å²) < 4.78 is 1.04. The van der Waals surface area contributed by atoms with Crippen molar-refractivity contribution >= 4 is 38.1 Å². The molecule has 0 unspecified atom stereocenters. The Balaban J connectivity index is 3.33. The second-order valence-corrected chi connectivity index (χ2v) is 6.81. The minimum Gasteiger partial charge on any atom is -0.357 e. The van der Waals surface area contributed by atoms with E-state index in [-0.39, 0.29) is 0 Å². The Labute approximate surface area is 115 Å². The first kappa shape index (κ1) is 16.6. The molecule has 0 fully saturated rings. The fourth-order valence-corrected chi connectivity index (χ4v) is 4.17. The first-order chi connectivity index (χ1) is 7.76. The van der Waals surface area contributed by atoms with E-state index in [9.17, 15) is 0 Å². The van der Waals surface area contributed by atoms with Gasteiger partial charge < -0.3 is 4.90 Å². The standard InChI is InChI=1S/C12H25NS3/c1-4-7-8-9-10-11-15-16-12(14)13(5-2)6-3/h4-11H2,1-3H3. The largest absolute Gasteiger partial charge is 0.357 e. The third-order valence-corrected chi connectivity index (χ3v) is 5.61. The van der Waals surface area contributed by atoms with Crippen LogP contribution in [-0.2, 0) is 0 Å². The zero-order valence-electron chi connectivity index (χ0n) is 10.8. The summed E-state index contributed by atoms with van der Waals surface area (Å²) in [6.45, 7) is 8.63. The monoisotopic (exact) mass is 279 g/mol. The second-order valence-electron chi connectivity index (χ2n) is 3.76. The molecule has 0 aromatic heterocycles. The Kier molecular flexibility index (Phi) is 12.5. The van der Waals surface area contributed by atoms with E-state index >= 15 is 0 Å². The fraction of sp³-hybridized carbons (Fsp3) is 0.917. The van der Waals surface area contributed by atoms with E-state index in [0.717, 1.165) is 17.4 Å². The third kappa shape index (κ3) is 8.71. The Hall–Kier alpha value is 0.590. The van der Waals surface area contributed by atoms with E-state index in [1.54, 1.807) is 10.8 Å². The smallest absolute Gasteiger partial charge is 0.147 e. The Bertz CT molecular complexity index is 170. The van der Waals surface area contributed by atoms with Gasteiger partial charge in [0.2, 0.25) is 0 Å². The van der Waals surface area contributed by atoms with Crippen molar-refractivity contribution in [2.45, 2.75) is 52.9 Å². The lowest BCUT2D eigenvalue weighted by Gasteiger charge is -2.20. The van der Waals surface area contributed by atoms with Gasteiger partial charge in [-0.2, -0.15) is 0 Å². The number of nitrogens with zero attached hydrogens (tertiary/aromatic N) is 1. The van der Waals surface area contributed by atoms with Crippen molar-refractivity contribution < 1.29 is 0 Å². The first-order valence-corrected chi connectivity index (χ1v) is 9.07. The van der Waals surface area contributed by atoms with Gasteiger partial charge in [0.1, 0.15) is 4.32 Å². The average Bonchev–Trinajstić information content (AvgIpc) is 2.29. The van der Waals surface area contributed by atoms with E-state index in [2.05, 4.69) is 25.7 Å². The SMILES string of the molecule is CCCCCCCSSC(=S)N(CC)CC. The van der Waals surface area contributed by atoms with Crippen LogP contribution in [0.3, 0.4) is 0 Å². The fourth-order valence-electron chi connectivity index (χ4n) is 1.39. The molecular formula is C12H25NS3. The molecule has 96 valence electrons. The van der Waals surface area contributed by atoms with Crippen LogP contribution in [0.25, 0.3) is 0 Å².